The molecule has 30 heavy (non-hydrogen) atoms. The van der Waals surface area contributed by atoms with E-state index in [4.69, 9.17) is 89.3 Å². The molecule has 0 saturated heterocycles. The number of alkyl halides is 6. The molecule has 2 unspecified atom stereocenters. The molecular formula is C16H20Cl6O8. The first-order valence-corrected chi connectivity index (χ1v) is 10.5. The van der Waals surface area contributed by atoms with Crippen LogP contribution >= 0.6 is 69.6 Å². The molecule has 4 N–H and O–H groups in total. The van der Waals surface area contributed by atoms with Gasteiger partial charge in [0.25, 0.3) is 0 Å². The fraction of sp³-hybridized carbons (Fsp3) is 0.625. The van der Waals surface area contributed by atoms with Gasteiger partial charge in [-0.2, -0.15) is 0 Å². The minimum Gasteiger partial charge on any atom is -0.428 e. The third-order valence-corrected chi connectivity index (χ3v) is 3.74. The predicted molar refractivity (Wildman–Crippen MR) is 114 cm³/mol. The molecule has 8 nitrogen and oxygen atoms in total. The van der Waals surface area contributed by atoms with E-state index in [1.807, 2.05) is 0 Å². The highest BCUT2D eigenvalue weighted by molar-refractivity contribution is 6.69. The number of aliphatic hydroxyl groups is 4. The normalized spacial score (nSPS) is 15.5. The summed E-state index contributed by atoms with van der Waals surface area (Å²) in [6.45, 7) is -1.54. The molecule has 0 aliphatic carbocycles. The Morgan fingerprint density at radius 1 is 0.733 bits per heavy atom. The molecule has 0 aliphatic heterocycles. The van der Waals surface area contributed by atoms with Crippen molar-refractivity contribution in [3.8, 4) is 0 Å². The summed E-state index contributed by atoms with van der Waals surface area (Å²) in [7, 11) is 0. The van der Waals surface area contributed by atoms with Gasteiger partial charge in [0.05, 0.1) is 13.2 Å². The summed E-state index contributed by atoms with van der Waals surface area (Å²) < 4.78 is 5.83. The minimum absolute atomic E-state index is 0.168. The average Bonchev–Trinajstić information content (AvgIpc) is 2.60. The molecule has 0 bridgehead atoms. The second kappa shape index (κ2) is 14.2. The fourth-order valence-electron chi connectivity index (χ4n) is 1.79. The minimum atomic E-state index is -1.97. The zero-order valence-corrected chi connectivity index (χ0v) is 19.8. The van der Waals surface area contributed by atoms with Crippen LogP contribution < -0.4 is 0 Å². The van der Waals surface area contributed by atoms with E-state index in [0.717, 1.165) is 12.2 Å². The predicted octanol–water partition coefficient (Wildman–Crippen LogP) is 2.85. The van der Waals surface area contributed by atoms with E-state index < -0.39 is 56.5 Å². The van der Waals surface area contributed by atoms with Crippen LogP contribution in [0.3, 0.4) is 0 Å². The summed E-state index contributed by atoms with van der Waals surface area (Å²) in [4.78, 5) is 23.7. The first-order valence-electron chi connectivity index (χ1n) is 8.26. The molecule has 0 aromatic carbocycles. The van der Waals surface area contributed by atoms with Gasteiger partial charge in [0.2, 0.25) is 7.59 Å². The summed E-state index contributed by atoms with van der Waals surface area (Å²) >= 11 is 33.3. The van der Waals surface area contributed by atoms with Crippen LogP contribution in [0.4, 0.5) is 0 Å². The maximum atomic E-state index is 11.9. The van der Waals surface area contributed by atoms with Crippen molar-refractivity contribution in [3.63, 3.8) is 0 Å². The van der Waals surface area contributed by atoms with Crippen LogP contribution in [0.25, 0.3) is 0 Å². The third kappa shape index (κ3) is 14.9. The van der Waals surface area contributed by atoms with Crippen LogP contribution in [-0.2, 0) is 19.1 Å². The van der Waals surface area contributed by atoms with Gasteiger partial charge in [0.1, 0.15) is 23.7 Å². The Hall–Kier alpha value is -0.0000000000000000416. The van der Waals surface area contributed by atoms with Crippen LogP contribution in [0, 0.1) is 0 Å². The van der Waals surface area contributed by atoms with E-state index >= 15 is 0 Å². The number of allylic oxidation sites excluding steroid dienone is 2. The first kappa shape index (κ1) is 30.0. The highest BCUT2D eigenvalue weighted by Crippen LogP contribution is 2.31. The summed E-state index contributed by atoms with van der Waals surface area (Å²) in [5, 5.41) is 37.1. The number of halogens is 6. The zero-order chi connectivity index (χ0) is 23.5. The Labute approximate surface area is 202 Å². The number of hydrogen-bond acceptors (Lipinski definition) is 8. The van der Waals surface area contributed by atoms with Crippen molar-refractivity contribution in [2.75, 3.05) is 13.2 Å². The molecule has 2 atom stereocenters. The van der Waals surface area contributed by atoms with Gasteiger partial charge < -0.3 is 29.9 Å². The molecule has 0 aromatic rings. The number of esters is 2. The van der Waals surface area contributed by atoms with Crippen molar-refractivity contribution >= 4 is 81.5 Å². The topological polar surface area (TPSA) is 134 Å². The number of rotatable bonds is 11. The Morgan fingerprint density at radius 3 is 1.27 bits per heavy atom. The molecule has 0 rings (SSSR count). The average molecular weight is 553 g/mol. The molecule has 174 valence electrons. The lowest BCUT2D eigenvalue weighted by molar-refractivity contribution is -0.143. The Kier molecular flexibility index (Phi) is 14.2. The van der Waals surface area contributed by atoms with E-state index in [1.165, 1.54) is 0 Å². The van der Waals surface area contributed by atoms with E-state index in [9.17, 15) is 19.8 Å². The molecule has 0 heterocycles. The quantitative estimate of drug-likeness (QED) is 0.133. The molecule has 0 spiro atoms. The lowest BCUT2D eigenvalue weighted by Crippen LogP contribution is -2.22. The number of unbranched alkanes of at least 4 members (excludes halogenated alkanes) is 1. The maximum absolute atomic E-state index is 11.9. The van der Waals surface area contributed by atoms with Gasteiger partial charge in [0, 0.05) is 25.0 Å². The Balaban J connectivity index is 4.62. The van der Waals surface area contributed by atoms with Crippen molar-refractivity contribution in [2.24, 2.45) is 0 Å². The van der Waals surface area contributed by atoms with Gasteiger partial charge in [-0.15, -0.1) is 0 Å². The molecule has 0 saturated carbocycles. The maximum Gasteiger partial charge on any atom is 0.310 e. The molecule has 0 aliphatic rings. The van der Waals surface area contributed by atoms with Gasteiger partial charge in [-0.25, -0.2) is 0 Å². The number of aliphatic hydroxyl groups excluding tert-OH is 4. The van der Waals surface area contributed by atoms with Crippen molar-refractivity contribution in [3.05, 3.63) is 23.7 Å². The molecular weight excluding hydrogens is 533 g/mol. The smallest absolute Gasteiger partial charge is 0.310 e. The van der Waals surface area contributed by atoms with Gasteiger partial charge in [-0.05, 0) is 12.8 Å². The largest absolute Gasteiger partial charge is 0.428 e. The number of carbonyl (C=O) groups is 2. The first-order chi connectivity index (χ1) is 13.7. The SMILES string of the molecule is O=C(CCCCC(=O)OC(=CC(Cl)(Cl)Cl)C(O)CO)OC(=CC(Cl)(Cl)Cl)C(O)CO. The zero-order valence-electron chi connectivity index (χ0n) is 15.2. The summed E-state index contributed by atoms with van der Waals surface area (Å²) in [6.07, 6.45) is -1.43. The molecule has 0 aromatic heterocycles. The number of hydrogen-bond donors (Lipinski definition) is 4. The Bertz CT molecular complexity index is 572. The van der Waals surface area contributed by atoms with E-state index in [-0.39, 0.29) is 25.7 Å². The molecule has 0 amide bonds. The second-order valence-corrected chi connectivity index (χ2v) is 10.5. The molecule has 0 fully saturated rings. The highest BCUT2D eigenvalue weighted by Gasteiger charge is 2.25. The van der Waals surface area contributed by atoms with Crippen LogP contribution in [0.5, 0.6) is 0 Å². The summed E-state index contributed by atoms with van der Waals surface area (Å²) in [5.41, 5.74) is 0. The highest BCUT2D eigenvalue weighted by atomic mass is 35.6. The van der Waals surface area contributed by atoms with Crippen molar-refractivity contribution in [2.45, 2.75) is 45.5 Å². The van der Waals surface area contributed by atoms with E-state index in [2.05, 4.69) is 0 Å². The second-order valence-electron chi connectivity index (χ2n) is 5.73. The van der Waals surface area contributed by atoms with Crippen LogP contribution in [-0.4, -0.2) is 65.4 Å². The van der Waals surface area contributed by atoms with Crippen molar-refractivity contribution < 1.29 is 39.5 Å². The van der Waals surface area contributed by atoms with Gasteiger partial charge in [-0.1, -0.05) is 69.6 Å². The van der Waals surface area contributed by atoms with Gasteiger partial charge in [-0.3, -0.25) is 9.59 Å². The molecule has 14 heteroatoms. The van der Waals surface area contributed by atoms with Crippen LogP contribution in [0.15, 0.2) is 23.7 Å². The number of ether oxygens (including phenoxy) is 2. The number of carbonyl (C=O) groups excluding carboxylic acids is 2. The third-order valence-electron chi connectivity index (χ3n) is 3.09. The van der Waals surface area contributed by atoms with Crippen molar-refractivity contribution in [1.82, 2.24) is 0 Å². The lowest BCUT2D eigenvalue weighted by Gasteiger charge is -2.16. The van der Waals surface area contributed by atoms with Crippen LogP contribution in [0.2, 0.25) is 0 Å². The summed E-state index contributed by atoms with van der Waals surface area (Å²) in [6, 6.07) is 0. The summed E-state index contributed by atoms with van der Waals surface area (Å²) in [5.74, 6) is -2.46. The fourth-order valence-corrected chi connectivity index (χ4v) is 2.44. The monoisotopic (exact) mass is 550 g/mol. The lowest BCUT2D eigenvalue weighted by atomic mass is 10.2. The van der Waals surface area contributed by atoms with Gasteiger partial charge in [0.15, 0.2) is 0 Å². The standard InChI is InChI=1S/C16H20Cl6O8/c17-15(18,19)5-11(9(25)7-23)29-13(27)3-1-2-4-14(28)30-12(10(26)8-24)6-16(20,21)22/h5-6,9-10,23-26H,1-4,7-8H2. The molecule has 0 radical (unpaired) electrons. The van der Waals surface area contributed by atoms with Crippen LogP contribution in [0.1, 0.15) is 25.7 Å². The van der Waals surface area contributed by atoms with Gasteiger partial charge >= 0.3 is 11.9 Å². The van der Waals surface area contributed by atoms with E-state index in [0.29, 0.717) is 0 Å². The Morgan fingerprint density at radius 2 is 1.03 bits per heavy atom. The van der Waals surface area contributed by atoms with Crippen molar-refractivity contribution in [1.29, 1.82) is 0 Å². The van der Waals surface area contributed by atoms with E-state index in [1.54, 1.807) is 0 Å².